The molecular formula is C16H16O2. The molecule has 0 saturated heterocycles. The summed E-state index contributed by atoms with van der Waals surface area (Å²) < 4.78 is 0. The van der Waals surface area contributed by atoms with Crippen molar-refractivity contribution >= 4 is 5.78 Å². The Hall–Kier alpha value is -1.93. The van der Waals surface area contributed by atoms with Crippen LogP contribution in [0.15, 0.2) is 54.6 Å². The van der Waals surface area contributed by atoms with Gasteiger partial charge in [-0.3, -0.25) is 4.79 Å². The molecule has 0 bridgehead atoms. The van der Waals surface area contributed by atoms with Gasteiger partial charge in [-0.05, 0) is 12.0 Å². The lowest BCUT2D eigenvalue weighted by atomic mass is 10.00. The second-order valence-electron chi connectivity index (χ2n) is 4.24. The number of aliphatic hydroxyl groups is 1. The Labute approximate surface area is 107 Å². The largest absolute Gasteiger partial charge is 0.388 e. The molecule has 2 heteroatoms. The molecule has 0 aliphatic heterocycles. The first kappa shape index (κ1) is 12.5. The van der Waals surface area contributed by atoms with Crippen LogP contribution in [0.4, 0.5) is 0 Å². The van der Waals surface area contributed by atoms with Crippen molar-refractivity contribution in [3.63, 3.8) is 0 Å². The normalized spacial score (nSPS) is 12.1. The second-order valence-corrected chi connectivity index (χ2v) is 4.24. The fraction of sp³-hybridized carbons (Fsp3) is 0.188. The zero-order valence-electron chi connectivity index (χ0n) is 10.3. The summed E-state index contributed by atoms with van der Waals surface area (Å²) in [5, 5.41) is 9.69. The van der Waals surface area contributed by atoms with Gasteiger partial charge in [0.05, 0.1) is 6.10 Å². The minimum Gasteiger partial charge on any atom is -0.388 e. The van der Waals surface area contributed by atoms with Gasteiger partial charge in [0.25, 0.3) is 0 Å². The minimum absolute atomic E-state index is 0.00754. The number of benzene rings is 2. The Morgan fingerprint density at radius 1 is 1.00 bits per heavy atom. The van der Waals surface area contributed by atoms with E-state index >= 15 is 0 Å². The van der Waals surface area contributed by atoms with Crippen LogP contribution in [0, 0.1) is 0 Å². The predicted octanol–water partition coefficient (Wildman–Crippen LogP) is 3.36. The van der Waals surface area contributed by atoms with Crippen LogP contribution in [-0.2, 0) is 0 Å². The Balaban J connectivity index is 2.22. The zero-order valence-corrected chi connectivity index (χ0v) is 10.3. The first-order chi connectivity index (χ1) is 8.72. The number of carbonyl (C=O) groups excluding carboxylic acids is 1. The predicted molar refractivity (Wildman–Crippen MR) is 71.6 cm³/mol. The van der Waals surface area contributed by atoms with Crippen molar-refractivity contribution in [3.05, 3.63) is 71.3 Å². The van der Waals surface area contributed by atoms with Crippen molar-refractivity contribution < 1.29 is 9.90 Å². The van der Waals surface area contributed by atoms with Crippen LogP contribution in [0.3, 0.4) is 0 Å². The maximum Gasteiger partial charge on any atom is 0.193 e. The van der Waals surface area contributed by atoms with Gasteiger partial charge in [-0.1, -0.05) is 61.5 Å². The molecule has 0 spiro atoms. The zero-order chi connectivity index (χ0) is 13.0. The smallest absolute Gasteiger partial charge is 0.193 e. The number of ketones is 1. The van der Waals surface area contributed by atoms with Gasteiger partial charge in [-0.25, -0.2) is 0 Å². The molecule has 0 amide bonds. The van der Waals surface area contributed by atoms with Gasteiger partial charge in [0.2, 0.25) is 0 Å². The first-order valence-corrected chi connectivity index (χ1v) is 6.10. The van der Waals surface area contributed by atoms with E-state index in [1.165, 1.54) is 0 Å². The molecule has 0 aromatic heterocycles. The number of aliphatic hydroxyl groups excluding tert-OH is 1. The fourth-order valence-corrected chi connectivity index (χ4v) is 1.85. The van der Waals surface area contributed by atoms with E-state index in [2.05, 4.69) is 0 Å². The van der Waals surface area contributed by atoms with Crippen molar-refractivity contribution in [1.82, 2.24) is 0 Å². The SMILES string of the molecule is CC[C@@H](O)c1ccc(C(=O)c2ccccc2)cc1. The average Bonchev–Trinajstić information content (AvgIpc) is 2.47. The van der Waals surface area contributed by atoms with Gasteiger partial charge < -0.3 is 5.11 Å². The second kappa shape index (κ2) is 5.61. The summed E-state index contributed by atoms with van der Waals surface area (Å²) in [5.41, 5.74) is 2.18. The number of hydrogen-bond donors (Lipinski definition) is 1. The van der Waals surface area contributed by atoms with Gasteiger partial charge >= 0.3 is 0 Å². The van der Waals surface area contributed by atoms with Crippen LogP contribution >= 0.6 is 0 Å². The maximum atomic E-state index is 12.1. The van der Waals surface area contributed by atoms with Crippen LogP contribution in [0.25, 0.3) is 0 Å². The lowest BCUT2D eigenvalue weighted by molar-refractivity contribution is 0.103. The topological polar surface area (TPSA) is 37.3 Å². The van der Waals surface area contributed by atoms with Crippen molar-refractivity contribution in [2.75, 3.05) is 0 Å². The third-order valence-electron chi connectivity index (χ3n) is 2.98. The molecule has 0 aliphatic carbocycles. The van der Waals surface area contributed by atoms with E-state index in [1.807, 2.05) is 37.3 Å². The Bertz CT molecular complexity index is 515. The van der Waals surface area contributed by atoms with Crippen molar-refractivity contribution in [1.29, 1.82) is 0 Å². The van der Waals surface area contributed by atoms with Gasteiger partial charge in [0, 0.05) is 11.1 Å². The molecule has 0 saturated carbocycles. The lowest BCUT2D eigenvalue weighted by Crippen LogP contribution is -2.02. The standard InChI is InChI=1S/C16H16O2/c1-2-15(17)12-8-10-14(11-9-12)16(18)13-6-4-3-5-7-13/h3-11,15,17H,2H2,1H3/t15-/m1/s1. The molecule has 1 atom stereocenters. The molecule has 2 aromatic rings. The lowest BCUT2D eigenvalue weighted by Gasteiger charge is -2.08. The van der Waals surface area contributed by atoms with Crippen LogP contribution in [0.1, 0.15) is 40.9 Å². The summed E-state index contributed by atoms with van der Waals surface area (Å²) in [7, 11) is 0. The van der Waals surface area contributed by atoms with Gasteiger partial charge in [0.1, 0.15) is 0 Å². The highest BCUT2D eigenvalue weighted by Gasteiger charge is 2.09. The monoisotopic (exact) mass is 240 g/mol. The highest BCUT2D eigenvalue weighted by molar-refractivity contribution is 6.08. The van der Waals surface area contributed by atoms with E-state index in [4.69, 9.17) is 0 Å². The highest BCUT2D eigenvalue weighted by atomic mass is 16.3. The fourth-order valence-electron chi connectivity index (χ4n) is 1.85. The molecule has 0 radical (unpaired) electrons. The average molecular weight is 240 g/mol. The minimum atomic E-state index is -0.453. The van der Waals surface area contributed by atoms with E-state index in [-0.39, 0.29) is 5.78 Å². The summed E-state index contributed by atoms with van der Waals surface area (Å²) in [6.45, 7) is 1.92. The van der Waals surface area contributed by atoms with Crippen LogP contribution < -0.4 is 0 Å². The van der Waals surface area contributed by atoms with Crippen LogP contribution in [0.5, 0.6) is 0 Å². The van der Waals surface area contributed by atoms with Gasteiger partial charge in [0.15, 0.2) is 5.78 Å². The van der Waals surface area contributed by atoms with Crippen LogP contribution in [0.2, 0.25) is 0 Å². The molecule has 1 N–H and O–H groups in total. The first-order valence-electron chi connectivity index (χ1n) is 6.10. The number of rotatable bonds is 4. The van der Waals surface area contributed by atoms with E-state index < -0.39 is 6.10 Å². The third-order valence-corrected chi connectivity index (χ3v) is 2.98. The molecule has 2 aromatic carbocycles. The highest BCUT2D eigenvalue weighted by Crippen LogP contribution is 2.18. The Morgan fingerprint density at radius 2 is 1.56 bits per heavy atom. The van der Waals surface area contributed by atoms with Gasteiger partial charge in [-0.15, -0.1) is 0 Å². The summed E-state index contributed by atoms with van der Waals surface area (Å²) in [6, 6.07) is 16.3. The Morgan fingerprint density at radius 3 is 2.11 bits per heavy atom. The number of carbonyl (C=O) groups is 1. The summed E-state index contributed by atoms with van der Waals surface area (Å²) in [6.07, 6.45) is 0.220. The van der Waals surface area contributed by atoms with Crippen molar-refractivity contribution in [2.24, 2.45) is 0 Å². The molecule has 92 valence electrons. The van der Waals surface area contributed by atoms with E-state index in [9.17, 15) is 9.90 Å². The summed E-state index contributed by atoms with van der Waals surface area (Å²) >= 11 is 0. The third kappa shape index (κ3) is 2.66. The molecule has 2 rings (SSSR count). The molecule has 0 aliphatic rings. The Kier molecular flexibility index (Phi) is 3.90. The molecule has 2 nitrogen and oxygen atoms in total. The van der Waals surface area contributed by atoms with Crippen LogP contribution in [-0.4, -0.2) is 10.9 Å². The van der Waals surface area contributed by atoms with E-state index in [0.29, 0.717) is 17.5 Å². The van der Waals surface area contributed by atoms with E-state index in [0.717, 1.165) is 5.56 Å². The molecule has 18 heavy (non-hydrogen) atoms. The number of hydrogen-bond acceptors (Lipinski definition) is 2. The summed E-state index contributed by atoms with van der Waals surface area (Å²) in [5.74, 6) is 0.00754. The quantitative estimate of drug-likeness (QED) is 0.832. The molecular weight excluding hydrogens is 224 g/mol. The van der Waals surface area contributed by atoms with Crippen molar-refractivity contribution in [2.45, 2.75) is 19.4 Å². The molecule has 0 heterocycles. The molecule has 0 fully saturated rings. The summed E-state index contributed by atoms with van der Waals surface area (Å²) in [4.78, 5) is 12.1. The molecule has 0 unspecified atom stereocenters. The van der Waals surface area contributed by atoms with E-state index in [1.54, 1.807) is 24.3 Å². The van der Waals surface area contributed by atoms with Crippen molar-refractivity contribution in [3.8, 4) is 0 Å². The van der Waals surface area contributed by atoms with Gasteiger partial charge in [-0.2, -0.15) is 0 Å². The maximum absolute atomic E-state index is 12.1.